The molecule has 0 saturated heterocycles. The smallest absolute Gasteiger partial charge is 0.421 e. The molecule has 0 spiro atoms. The third-order valence-electron chi connectivity index (χ3n) is 2.80. The first kappa shape index (κ1) is 19.7. The lowest BCUT2D eigenvalue weighted by atomic mass is 9.95. The van der Waals surface area contributed by atoms with Gasteiger partial charge >= 0.3 is 22.3 Å². The largest absolute Gasteiger partial charge is 0.481 e. The van der Waals surface area contributed by atoms with Crippen LogP contribution in [-0.4, -0.2) is 38.7 Å². The van der Waals surface area contributed by atoms with E-state index < -0.39 is 22.3 Å². The molecule has 0 aliphatic heterocycles. The maximum absolute atomic E-state index is 11.5. The van der Waals surface area contributed by atoms with Crippen molar-refractivity contribution < 1.29 is 27.9 Å². The number of carboxylic acid groups (broad SMARTS) is 1. The summed E-state index contributed by atoms with van der Waals surface area (Å²) in [4.78, 5) is 21.6. The van der Waals surface area contributed by atoms with Gasteiger partial charge in [-0.3, -0.25) is 4.79 Å². The zero-order valence-corrected chi connectivity index (χ0v) is 13.2. The second kappa shape index (κ2) is 10.4. The van der Waals surface area contributed by atoms with Crippen LogP contribution in [0.2, 0.25) is 0 Å². The minimum atomic E-state index is -3.94. The molecule has 0 radical (unpaired) electrons. The molecule has 0 heterocycles. The van der Waals surface area contributed by atoms with E-state index in [9.17, 15) is 18.0 Å². The predicted octanol–water partition coefficient (Wildman–Crippen LogP) is 1.24. The Morgan fingerprint density at radius 3 is 2.38 bits per heavy atom. The van der Waals surface area contributed by atoms with Gasteiger partial charge in [-0.25, -0.2) is 9.52 Å². The Labute approximate surface area is 125 Å². The Balaban J connectivity index is 4.16. The molecule has 124 valence electrons. The number of carbonyl (C=O) groups is 2. The van der Waals surface area contributed by atoms with Crippen molar-refractivity contribution in [2.24, 2.45) is 5.92 Å². The van der Waals surface area contributed by atoms with E-state index in [2.05, 4.69) is 9.46 Å². The van der Waals surface area contributed by atoms with Gasteiger partial charge in [-0.1, -0.05) is 19.8 Å². The summed E-state index contributed by atoms with van der Waals surface area (Å²) >= 11 is 0. The average molecular weight is 324 g/mol. The molecule has 8 nitrogen and oxygen atoms in total. The van der Waals surface area contributed by atoms with Crippen molar-refractivity contribution in [3.8, 4) is 0 Å². The van der Waals surface area contributed by atoms with E-state index in [0.29, 0.717) is 12.8 Å². The van der Waals surface area contributed by atoms with Gasteiger partial charge in [0.15, 0.2) is 0 Å². The minimum absolute atomic E-state index is 0.0679. The molecular formula is C12H24N2O6S. The van der Waals surface area contributed by atoms with Crippen LogP contribution in [0.4, 0.5) is 4.79 Å². The van der Waals surface area contributed by atoms with Crippen molar-refractivity contribution in [2.75, 3.05) is 13.2 Å². The Hall–Kier alpha value is -1.35. The van der Waals surface area contributed by atoms with E-state index in [0.717, 1.165) is 12.8 Å². The lowest BCUT2D eigenvalue weighted by Gasteiger charge is -2.15. The molecule has 0 aromatic carbocycles. The minimum Gasteiger partial charge on any atom is -0.481 e. The van der Waals surface area contributed by atoms with Gasteiger partial charge in [0.2, 0.25) is 0 Å². The fourth-order valence-corrected chi connectivity index (χ4v) is 2.61. The van der Waals surface area contributed by atoms with Crippen LogP contribution in [0.1, 0.15) is 46.0 Å². The van der Waals surface area contributed by atoms with Gasteiger partial charge in [-0.2, -0.15) is 13.1 Å². The molecule has 3 N–H and O–H groups in total. The summed E-state index contributed by atoms with van der Waals surface area (Å²) in [6.45, 7) is 3.77. The van der Waals surface area contributed by atoms with Crippen LogP contribution >= 0.6 is 0 Å². The number of nitrogens with one attached hydrogen (secondary N) is 2. The summed E-state index contributed by atoms with van der Waals surface area (Å²) in [5.41, 5.74) is 0. The van der Waals surface area contributed by atoms with Crippen molar-refractivity contribution in [2.45, 2.75) is 46.0 Å². The van der Waals surface area contributed by atoms with E-state index in [1.54, 1.807) is 11.6 Å². The molecule has 0 saturated carbocycles. The van der Waals surface area contributed by atoms with Crippen LogP contribution in [0.15, 0.2) is 0 Å². The van der Waals surface area contributed by atoms with Gasteiger partial charge in [0.25, 0.3) is 0 Å². The van der Waals surface area contributed by atoms with Gasteiger partial charge in [0.05, 0.1) is 6.61 Å². The van der Waals surface area contributed by atoms with Crippen molar-refractivity contribution >= 4 is 22.3 Å². The van der Waals surface area contributed by atoms with Crippen LogP contribution in [0.3, 0.4) is 0 Å². The maximum atomic E-state index is 11.5. The number of aliphatic carboxylic acids is 1. The first-order valence-electron chi connectivity index (χ1n) is 6.96. The standard InChI is InChI=1S/C12H24N2O6S/c1-3-5-10(6-7-11(15)16)8-9-13-21(18,19)14-12(17)20-4-2/h10,13H,3-9H2,1-2H3,(H,14,17)(H,15,16). The summed E-state index contributed by atoms with van der Waals surface area (Å²) < 4.78 is 31.4. The highest BCUT2D eigenvalue weighted by Crippen LogP contribution is 2.17. The van der Waals surface area contributed by atoms with Gasteiger partial charge in [0, 0.05) is 13.0 Å². The quantitative estimate of drug-likeness (QED) is 0.525. The number of hydrogen-bond donors (Lipinski definition) is 3. The van der Waals surface area contributed by atoms with E-state index in [4.69, 9.17) is 5.11 Å². The van der Waals surface area contributed by atoms with Crippen molar-refractivity contribution in [1.82, 2.24) is 9.44 Å². The molecule has 21 heavy (non-hydrogen) atoms. The van der Waals surface area contributed by atoms with E-state index >= 15 is 0 Å². The Morgan fingerprint density at radius 2 is 1.86 bits per heavy atom. The summed E-state index contributed by atoms with van der Waals surface area (Å²) in [5.74, 6) is -0.725. The second-order valence-electron chi connectivity index (χ2n) is 4.60. The molecular weight excluding hydrogens is 300 g/mol. The number of ether oxygens (including phenoxy) is 1. The molecule has 1 amide bonds. The first-order chi connectivity index (χ1) is 9.80. The Bertz CT molecular complexity index is 423. The van der Waals surface area contributed by atoms with E-state index in [1.165, 1.54) is 0 Å². The summed E-state index contributed by atoms with van der Waals surface area (Å²) in [5, 5.41) is 8.66. The summed E-state index contributed by atoms with van der Waals surface area (Å²) in [6, 6.07) is 0. The molecule has 0 bridgehead atoms. The molecule has 1 atom stereocenters. The van der Waals surface area contributed by atoms with Crippen molar-refractivity contribution in [1.29, 1.82) is 0 Å². The molecule has 0 aromatic heterocycles. The highest BCUT2D eigenvalue weighted by Gasteiger charge is 2.16. The monoisotopic (exact) mass is 324 g/mol. The average Bonchev–Trinajstić information content (AvgIpc) is 2.35. The van der Waals surface area contributed by atoms with Gasteiger partial charge < -0.3 is 9.84 Å². The van der Waals surface area contributed by atoms with Gasteiger partial charge in [0.1, 0.15) is 0 Å². The van der Waals surface area contributed by atoms with Crippen LogP contribution in [0, 0.1) is 5.92 Å². The highest BCUT2D eigenvalue weighted by atomic mass is 32.2. The number of carboxylic acids is 1. The summed E-state index contributed by atoms with van der Waals surface area (Å²) in [7, 11) is -3.94. The number of rotatable bonds is 11. The van der Waals surface area contributed by atoms with Crippen LogP contribution < -0.4 is 9.44 Å². The molecule has 0 aliphatic carbocycles. The fourth-order valence-electron chi connectivity index (χ4n) is 1.87. The molecule has 0 aromatic rings. The van der Waals surface area contributed by atoms with Crippen LogP contribution in [0.25, 0.3) is 0 Å². The molecule has 0 aliphatic rings. The highest BCUT2D eigenvalue weighted by molar-refractivity contribution is 7.88. The van der Waals surface area contributed by atoms with Crippen molar-refractivity contribution in [3.63, 3.8) is 0 Å². The van der Waals surface area contributed by atoms with E-state index in [1.807, 2.05) is 6.92 Å². The van der Waals surface area contributed by atoms with E-state index in [-0.39, 0.29) is 25.5 Å². The van der Waals surface area contributed by atoms with Gasteiger partial charge in [-0.05, 0) is 25.7 Å². The third kappa shape index (κ3) is 11.0. The maximum Gasteiger partial charge on any atom is 0.421 e. The zero-order chi connectivity index (χ0) is 16.3. The lowest BCUT2D eigenvalue weighted by molar-refractivity contribution is -0.137. The Morgan fingerprint density at radius 1 is 1.19 bits per heavy atom. The fraction of sp³-hybridized carbons (Fsp3) is 0.833. The SMILES string of the molecule is CCCC(CCNS(=O)(=O)NC(=O)OCC)CCC(=O)O. The predicted molar refractivity (Wildman–Crippen MR) is 77.0 cm³/mol. The lowest BCUT2D eigenvalue weighted by Crippen LogP contribution is -2.41. The molecule has 9 heteroatoms. The topological polar surface area (TPSA) is 122 Å². The molecule has 1 unspecified atom stereocenters. The normalized spacial score (nSPS) is 12.7. The second-order valence-corrected chi connectivity index (χ2v) is 6.10. The molecule has 0 rings (SSSR count). The van der Waals surface area contributed by atoms with Crippen molar-refractivity contribution in [3.05, 3.63) is 0 Å². The Kier molecular flexibility index (Phi) is 9.72. The third-order valence-corrected chi connectivity index (χ3v) is 3.82. The number of hydrogen-bond acceptors (Lipinski definition) is 5. The number of carbonyl (C=O) groups excluding carboxylic acids is 1. The van der Waals surface area contributed by atoms with Crippen LogP contribution in [0.5, 0.6) is 0 Å². The first-order valence-corrected chi connectivity index (χ1v) is 8.45. The summed E-state index contributed by atoms with van der Waals surface area (Å²) in [6.07, 6.45) is 1.80. The molecule has 0 fully saturated rings. The number of amides is 1. The zero-order valence-electron chi connectivity index (χ0n) is 12.4. The van der Waals surface area contributed by atoms with Gasteiger partial charge in [-0.15, -0.1) is 0 Å². The van der Waals surface area contributed by atoms with Crippen LogP contribution in [-0.2, 0) is 19.7 Å².